The van der Waals surface area contributed by atoms with Crippen molar-refractivity contribution in [2.24, 2.45) is 5.92 Å². The topological polar surface area (TPSA) is 52.9 Å². The van der Waals surface area contributed by atoms with Gasteiger partial charge in [0, 0.05) is 10.9 Å². The molecule has 1 aliphatic carbocycles. The maximum absolute atomic E-state index is 12.4. The smallest absolute Gasteiger partial charge is 0.252 e. The third kappa shape index (κ3) is 4.50. The van der Waals surface area contributed by atoms with E-state index in [1.807, 2.05) is 23.6 Å². The highest BCUT2D eigenvalue weighted by molar-refractivity contribution is 8.03. The lowest BCUT2D eigenvalue weighted by molar-refractivity contribution is 0.0918. The second-order valence-electron chi connectivity index (χ2n) is 5.67. The molecule has 0 radical (unpaired) electrons. The van der Waals surface area contributed by atoms with E-state index in [1.54, 1.807) is 6.07 Å². The summed E-state index contributed by atoms with van der Waals surface area (Å²) in [5.74, 6) is 0.789. The van der Waals surface area contributed by atoms with E-state index in [2.05, 4.69) is 12.2 Å². The molecule has 0 aliphatic heterocycles. The van der Waals surface area contributed by atoms with E-state index < -0.39 is 0 Å². The molecule has 0 heterocycles. The molecule has 1 fully saturated rings. The summed E-state index contributed by atoms with van der Waals surface area (Å²) in [6, 6.07) is 7.59. The number of thiocyanates is 1. The van der Waals surface area contributed by atoms with Gasteiger partial charge in [-0.25, -0.2) is 0 Å². The highest BCUT2D eigenvalue weighted by atomic mass is 32.2. The van der Waals surface area contributed by atoms with Gasteiger partial charge in [0.05, 0.1) is 5.56 Å². The van der Waals surface area contributed by atoms with Crippen LogP contribution in [0.4, 0.5) is 0 Å². The SMILES string of the molecule is CCCC1CCC(NC(=O)c2ccccc2SC#N)CC1. The van der Waals surface area contributed by atoms with Crippen molar-refractivity contribution in [3.8, 4) is 5.40 Å². The fourth-order valence-electron chi connectivity index (χ4n) is 3.06. The van der Waals surface area contributed by atoms with Crippen molar-refractivity contribution in [3.63, 3.8) is 0 Å². The van der Waals surface area contributed by atoms with Gasteiger partial charge in [0.15, 0.2) is 0 Å². The van der Waals surface area contributed by atoms with Gasteiger partial charge in [0.1, 0.15) is 5.40 Å². The summed E-state index contributed by atoms with van der Waals surface area (Å²) in [5.41, 5.74) is 0.611. The van der Waals surface area contributed by atoms with Crippen LogP contribution in [0.2, 0.25) is 0 Å². The summed E-state index contributed by atoms with van der Waals surface area (Å²) >= 11 is 1.04. The molecule has 0 bridgehead atoms. The largest absolute Gasteiger partial charge is 0.349 e. The summed E-state index contributed by atoms with van der Waals surface area (Å²) < 4.78 is 0. The van der Waals surface area contributed by atoms with Gasteiger partial charge in [-0.15, -0.1) is 0 Å². The van der Waals surface area contributed by atoms with Crippen molar-refractivity contribution in [1.82, 2.24) is 5.32 Å². The van der Waals surface area contributed by atoms with Crippen LogP contribution in [0.3, 0.4) is 0 Å². The Bertz CT molecular complexity index is 516. The Morgan fingerprint density at radius 3 is 2.71 bits per heavy atom. The van der Waals surface area contributed by atoms with E-state index in [4.69, 9.17) is 5.26 Å². The number of nitriles is 1. The van der Waals surface area contributed by atoms with Gasteiger partial charge in [-0.3, -0.25) is 4.79 Å². The molecular weight excluding hydrogens is 280 g/mol. The molecule has 3 nitrogen and oxygen atoms in total. The number of nitrogens with one attached hydrogen (secondary N) is 1. The zero-order valence-corrected chi connectivity index (χ0v) is 13.3. The minimum absolute atomic E-state index is 0.0488. The molecular formula is C17H22N2OS. The lowest BCUT2D eigenvalue weighted by Gasteiger charge is -2.29. The van der Waals surface area contributed by atoms with Crippen molar-refractivity contribution in [2.75, 3.05) is 0 Å². The van der Waals surface area contributed by atoms with Crippen LogP contribution in [0, 0.1) is 16.6 Å². The number of amides is 1. The van der Waals surface area contributed by atoms with Gasteiger partial charge in [-0.2, -0.15) is 5.26 Å². The van der Waals surface area contributed by atoms with Crippen molar-refractivity contribution in [2.45, 2.75) is 56.4 Å². The van der Waals surface area contributed by atoms with Crippen LogP contribution in [-0.4, -0.2) is 11.9 Å². The first-order valence-electron chi connectivity index (χ1n) is 7.70. The summed E-state index contributed by atoms with van der Waals surface area (Å²) in [6.07, 6.45) is 7.14. The number of benzene rings is 1. The number of rotatable bonds is 5. The first-order valence-corrected chi connectivity index (χ1v) is 8.52. The van der Waals surface area contributed by atoms with Gasteiger partial charge >= 0.3 is 0 Å². The van der Waals surface area contributed by atoms with Gasteiger partial charge in [0.25, 0.3) is 5.91 Å². The molecule has 112 valence electrons. The summed E-state index contributed by atoms with van der Waals surface area (Å²) in [6.45, 7) is 2.23. The average Bonchev–Trinajstić information content (AvgIpc) is 2.50. The minimum Gasteiger partial charge on any atom is -0.349 e. The van der Waals surface area contributed by atoms with Crippen LogP contribution in [0.25, 0.3) is 0 Å². The third-order valence-corrected chi connectivity index (χ3v) is 4.83. The number of thioether (sulfide) groups is 1. The quantitative estimate of drug-likeness (QED) is 0.650. The zero-order valence-electron chi connectivity index (χ0n) is 12.5. The standard InChI is InChI=1S/C17H22N2OS/c1-2-5-13-8-10-14(11-9-13)19-17(20)15-6-3-4-7-16(15)21-12-18/h3-4,6-7,13-14H,2,5,8-11H2,1H3,(H,19,20). The van der Waals surface area contributed by atoms with Gasteiger partial charge in [-0.1, -0.05) is 31.9 Å². The van der Waals surface area contributed by atoms with Crippen LogP contribution in [0.1, 0.15) is 55.8 Å². The molecule has 4 heteroatoms. The number of carbonyl (C=O) groups excluding carboxylic acids is 1. The van der Waals surface area contributed by atoms with Crippen LogP contribution < -0.4 is 5.32 Å². The highest BCUT2D eigenvalue weighted by Crippen LogP contribution is 2.28. The number of carbonyl (C=O) groups is 1. The Morgan fingerprint density at radius 1 is 1.33 bits per heavy atom. The fourth-order valence-corrected chi connectivity index (χ4v) is 3.57. The number of hydrogen-bond acceptors (Lipinski definition) is 3. The molecule has 0 spiro atoms. The molecule has 0 saturated heterocycles. The molecule has 0 unspecified atom stereocenters. The predicted molar refractivity (Wildman–Crippen MR) is 86.0 cm³/mol. The molecule has 0 aromatic heterocycles. The average molecular weight is 302 g/mol. The zero-order chi connectivity index (χ0) is 15.1. The Morgan fingerprint density at radius 2 is 2.05 bits per heavy atom. The molecule has 1 aromatic carbocycles. The van der Waals surface area contributed by atoms with E-state index in [0.717, 1.165) is 35.4 Å². The van der Waals surface area contributed by atoms with Crippen LogP contribution >= 0.6 is 11.8 Å². The van der Waals surface area contributed by atoms with Crippen molar-refractivity contribution in [1.29, 1.82) is 5.26 Å². The minimum atomic E-state index is -0.0488. The molecule has 1 N–H and O–H groups in total. The Kier molecular flexibility index (Phi) is 6.13. The molecule has 0 atom stereocenters. The first-order chi connectivity index (χ1) is 10.2. The van der Waals surface area contributed by atoms with Crippen molar-refractivity contribution in [3.05, 3.63) is 29.8 Å². The predicted octanol–water partition coefficient (Wildman–Crippen LogP) is 4.35. The Labute approximate surface area is 131 Å². The second-order valence-corrected chi connectivity index (χ2v) is 6.50. The third-order valence-electron chi connectivity index (χ3n) is 4.17. The lowest BCUT2D eigenvalue weighted by atomic mass is 9.83. The van der Waals surface area contributed by atoms with Crippen molar-refractivity contribution >= 4 is 17.7 Å². The summed E-state index contributed by atoms with van der Waals surface area (Å²) in [7, 11) is 0. The van der Waals surface area contributed by atoms with Crippen LogP contribution in [-0.2, 0) is 0 Å². The molecule has 1 aliphatic rings. The normalized spacial score (nSPS) is 21.5. The maximum Gasteiger partial charge on any atom is 0.252 e. The molecule has 1 saturated carbocycles. The van der Waals surface area contributed by atoms with E-state index in [1.165, 1.54) is 25.7 Å². The Hall–Kier alpha value is -1.47. The van der Waals surface area contributed by atoms with Crippen molar-refractivity contribution < 1.29 is 4.79 Å². The molecule has 1 amide bonds. The van der Waals surface area contributed by atoms with Crippen LogP contribution in [0.15, 0.2) is 29.2 Å². The number of hydrogen-bond donors (Lipinski definition) is 1. The van der Waals surface area contributed by atoms with Crippen LogP contribution in [0.5, 0.6) is 0 Å². The summed E-state index contributed by atoms with van der Waals surface area (Å²) in [5, 5.41) is 14.0. The summed E-state index contributed by atoms with van der Waals surface area (Å²) in [4.78, 5) is 13.1. The molecule has 2 rings (SSSR count). The van der Waals surface area contributed by atoms with Gasteiger partial charge in [0.2, 0.25) is 0 Å². The molecule has 21 heavy (non-hydrogen) atoms. The second kappa shape index (κ2) is 8.09. The lowest BCUT2D eigenvalue weighted by Crippen LogP contribution is -2.37. The maximum atomic E-state index is 12.4. The van der Waals surface area contributed by atoms with Gasteiger partial charge in [-0.05, 0) is 55.5 Å². The van der Waals surface area contributed by atoms with E-state index in [-0.39, 0.29) is 11.9 Å². The molecule has 1 aromatic rings. The monoisotopic (exact) mass is 302 g/mol. The Balaban J connectivity index is 1.92. The van der Waals surface area contributed by atoms with E-state index in [9.17, 15) is 4.79 Å². The number of nitrogens with zero attached hydrogens (tertiary/aromatic N) is 1. The van der Waals surface area contributed by atoms with E-state index in [0.29, 0.717) is 5.56 Å². The fraction of sp³-hybridized carbons (Fsp3) is 0.529. The first kappa shape index (κ1) is 15.9. The van der Waals surface area contributed by atoms with E-state index >= 15 is 0 Å². The highest BCUT2D eigenvalue weighted by Gasteiger charge is 2.23. The van der Waals surface area contributed by atoms with Gasteiger partial charge < -0.3 is 5.32 Å².